The molecule has 0 saturated heterocycles. The van der Waals surface area contributed by atoms with Gasteiger partial charge in [0, 0.05) is 5.41 Å². The lowest BCUT2D eigenvalue weighted by Gasteiger charge is -2.30. The third kappa shape index (κ3) is 1.81. The molecule has 1 heteroatoms. The summed E-state index contributed by atoms with van der Waals surface area (Å²) < 4.78 is 0. The normalized spacial score (nSPS) is 22.4. The lowest BCUT2D eigenvalue weighted by molar-refractivity contribution is 0.366. The van der Waals surface area contributed by atoms with E-state index in [0.29, 0.717) is 5.41 Å². The summed E-state index contributed by atoms with van der Waals surface area (Å²) in [4.78, 5) is 0. The van der Waals surface area contributed by atoms with Gasteiger partial charge in [-0.2, -0.15) is 0 Å². The van der Waals surface area contributed by atoms with E-state index in [9.17, 15) is 0 Å². The predicted octanol–water partition coefficient (Wildman–Crippen LogP) is 4.03. The first kappa shape index (κ1) is 11.3. The fraction of sp³-hybridized carbons (Fsp3) is 0.500. The second-order valence-corrected chi connectivity index (χ2v) is 10.6. The first-order valence-corrected chi connectivity index (χ1v) is 9.95. The molecule has 0 amide bonds. The first-order valence-electron chi connectivity index (χ1n) is 6.95. The van der Waals surface area contributed by atoms with Crippen LogP contribution in [0.4, 0.5) is 0 Å². The van der Waals surface area contributed by atoms with Crippen molar-refractivity contribution in [3.63, 3.8) is 0 Å². The summed E-state index contributed by atoms with van der Waals surface area (Å²) in [6.45, 7) is 5.05. The topological polar surface area (TPSA) is 0 Å². The molecule has 1 fully saturated rings. The molecular weight excluding hydrogens is 220 g/mol. The SMILES string of the molecule is C[Si](C)(C1=CC12CCCCC2)c1ccccc1. The van der Waals surface area contributed by atoms with Crippen molar-refractivity contribution in [1.29, 1.82) is 0 Å². The Morgan fingerprint density at radius 2 is 1.59 bits per heavy atom. The van der Waals surface area contributed by atoms with Crippen molar-refractivity contribution < 1.29 is 0 Å². The van der Waals surface area contributed by atoms with Gasteiger partial charge < -0.3 is 0 Å². The molecule has 0 bridgehead atoms. The van der Waals surface area contributed by atoms with E-state index in [1.165, 1.54) is 32.1 Å². The van der Waals surface area contributed by atoms with E-state index < -0.39 is 8.07 Å². The number of rotatable bonds is 2. The Morgan fingerprint density at radius 3 is 2.24 bits per heavy atom. The summed E-state index contributed by atoms with van der Waals surface area (Å²) in [6.07, 6.45) is 9.84. The van der Waals surface area contributed by atoms with Gasteiger partial charge in [0.2, 0.25) is 0 Å². The monoisotopic (exact) mass is 242 g/mol. The molecule has 0 N–H and O–H groups in total. The minimum absolute atomic E-state index is 0.587. The van der Waals surface area contributed by atoms with Crippen LogP contribution in [0.1, 0.15) is 32.1 Å². The molecule has 3 rings (SSSR count). The summed E-state index contributed by atoms with van der Waals surface area (Å²) in [6, 6.07) is 11.2. The molecule has 17 heavy (non-hydrogen) atoms. The van der Waals surface area contributed by atoms with E-state index >= 15 is 0 Å². The zero-order valence-electron chi connectivity index (χ0n) is 11.0. The molecule has 0 aromatic heterocycles. The Bertz CT molecular complexity index is 436. The van der Waals surface area contributed by atoms with Crippen molar-refractivity contribution in [2.75, 3.05) is 0 Å². The van der Waals surface area contributed by atoms with Gasteiger partial charge in [-0.15, -0.1) is 0 Å². The van der Waals surface area contributed by atoms with Crippen LogP contribution in [-0.4, -0.2) is 8.07 Å². The average Bonchev–Trinajstić information content (AvgIpc) is 3.06. The van der Waals surface area contributed by atoms with Crippen LogP contribution >= 0.6 is 0 Å². The number of hydrogen-bond donors (Lipinski definition) is 0. The average molecular weight is 242 g/mol. The van der Waals surface area contributed by atoms with Crippen LogP contribution in [0.15, 0.2) is 41.6 Å². The zero-order chi connectivity index (χ0) is 11.9. The van der Waals surface area contributed by atoms with Gasteiger partial charge in [0.25, 0.3) is 0 Å². The summed E-state index contributed by atoms with van der Waals surface area (Å²) in [5.41, 5.74) is 0.587. The van der Waals surface area contributed by atoms with Gasteiger partial charge in [-0.05, 0) is 12.8 Å². The molecule has 2 aliphatic carbocycles. The highest BCUT2D eigenvalue weighted by Gasteiger charge is 2.51. The predicted molar refractivity (Wildman–Crippen MR) is 77.2 cm³/mol. The molecule has 0 heterocycles. The minimum atomic E-state index is -1.34. The van der Waals surface area contributed by atoms with E-state index in [2.05, 4.69) is 49.5 Å². The van der Waals surface area contributed by atoms with Crippen LogP contribution in [0.5, 0.6) is 0 Å². The minimum Gasteiger partial charge on any atom is -0.0781 e. The van der Waals surface area contributed by atoms with E-state index in [-0.39, 0.29) is 0 Å². The van der Waals surface area contributed by atoms with Crippen molar-refractivity contribution in [2.45, 2.75) is 45.2 Å². The maximum Gasteiger partial charge on any atom is 0.108 e. The van der Waals surface area contributed by atoms with Crippen molar-refractivity contribution >= 4 is 13.3 Å². The van der Waals surface area contributed by atoms with Crippen LogP contribution in [0, 0.1) is 5.41 Å². The Kier molecular flexibility index (Phi) is 2.55. The third-order valence-electron chi connectivity index (χ3n) is 4.79. The lowest BCUT2D eigenvalue weighted by atomic mass is 9.84. The van der Waals surface area contributed by atoms with Crippen molar-refractivity contribution in [1.82, 2.24) is 0 Å². The highest BCUT2D eigenvalue weighted by Crippen LogP contribution is 2.57. The number of hydrogen-bond acceptors (Lipinski definition) is 0. The van der Waals surface area contributed by atoms with Gasteiger partial charge in [-0.1, -0.05) is 79.1 Å². The largest absolute Gasteiger partial charge is 0.108 e. The quantitative estimate of drug-likeness (QED) is 0.687. The Balaban J connectivity index is 1.84. The second-order valence-electron chi connectivity index (χ2n) is 6.27. The molecule has 0 unspecified atom stereocenters. The van der Waals surface area contributed by atoms with Crippen LogP contribution in [0.3, 0.4) is 0 Å². The van der Waals surface area contributed by atoms with Gasteiger partial charge >= 0.3 is 0 Å². The molecule has 90 valence electrons. The van der Waals surface area contributed by atoms with Gasteiger partial charge in [-0.25, -0.2) is 0 Å². The third-order valence-corrected chi connectivity index (χ3v) is 8.55. The molecule has 0 aliphatic heterocycles. The molecule has 1 spiro atoms. The Labute approximate surface area is 106 Å². The van der Waals surface area contributed by atoms with Crippen molar-refractivity contribution in [2.24, 2.45) is 5.41 Å². The summed E-state index contributed by atoms with van der Waals surface area (Å²) in [5, 5.41) is 3.45. The number of benzene rings is 1. The van der Waals surface area contributed by atoms with E-state index in [1.807, 2.05) is 5.20 Å². The maximum atomic E-state index is 2.63. The van der Waals surface area contributed by atoms with Crippen LogP contribution in [-0.2, 0) is 0 Å². The molecule has 0 atom stereocenters. The van der Waals surface area contributed by atoms with Gasteiger partial charge in [-0.3, -0.25) is 0 Å². The van der Waals surface area contributed by atoms with E-state index in [1.54, 1.807) is 5.19 Å². The fourth-order valence-electron chi connectivity index (χ4n) is 3.65. The highest BCUT2D eigenvalue weighted by atomic mass is 28.3. The standard InChI is InChI=1S/C16H22Si/c1-17(2,14-9-5-3-6-10-14)15-13-16(15)11-7-4-8-12-16/h3,5-6,9-10,13H,4,7-8,11-12H2,1-2H3. The molecule has 0 radical (unpaired) electrons. The van der Waals surface area contributed by atoms with Gasteiger partial charge in [0.1, 0.15) is 8.07 Å². The van der Waals surface area contributed by atoms with Gasteiger partial charge in [0.05, 0.1) is 0 Å². The number of allylic oxidation sites excluding steroid dienone is 2. The van der Waals surface area contributed by atoms with Crippen LogP contribution in [0.2, 0.25) is 13.1 Å². The molecule has 1 aromatic carbocycles. The zero-order valence-corrected chi connectivity index (χ0v) is 12.0. The van der Waals surface area contributed by atoms with Crippen molar-refractivity contribution in [3.8, 4) is 0 Å². The molecule has 1 saturated carbocycles. The van der Waals surface area contributed by atoms with Crippen molar-refractivity contribution in [3.05, 3.63) is 41.6 Å². The molecule has 0 nitrogen and oxygen atoms in total. The molecule has 1 aromatic rings. The first-order chi connectivity index (χ1) is 8.15. The van der Waals surface area contributed by atoms with E-state index in [4.69, 9.17) is 0 Å². The summed E-state index contributed by atoms with van der Waals surface area (Å²) in [5.74, 6) is 0. The van der Waals surface area contributed by atoms with Crippen LogP contribution < -0.4 is 5.19 Å². The van der Waals surface area contributed by atoms with Crippen LogP contribution in [0.25, 0.3) is 0 Å². The Morgan fingerprint density at radius 1 is 0.941 bits per heavy atom. The van der Waals surface area contributed by atoms with Gasteiger partial charge in [0.15, 0.2) is 0 Å². The smallest absolute Gasteiger partial charge is 0.0781 e. The van der Waals surface area contributed by atoms with E-state index in [0.717, 1.165) is 0 Å². The molecule has 2 aliphatic rings. The molecular formula is C16H22Si. The Hall–Kier alpha value is -0.823. The fourth-order valence-corrected chi connectivity index (χ4v) is 7.12. The summed E-state index contributed by atoms with van der Waals surface area (Å²) in [7, 11) is -1.34. The lowest BCUT2D eigenvalue weighted by Crippen LogP contribution is -2.43. The maximum absolute atomic E-state index is 2.63. The highest BCUT2D eigenvalue weighted by molar-refractivity contribution is 6.96. The second kappa shape index (κ2) is 3.84. The summed E-state index contributed by atoms with van der Waals surface area (Å²) >= 11 is 0.